The maximum absolute atomic E-state index is 11.3. The summed E-state index contributed by atoms with van der Waals surface area (Å²) in [5, 5.41) is 3.02. The molecular weight excluding hydrogens is 164 g/mol. The highest BCUT2D eigenvalue weighted by atomic mass is 16.1. The number of rotatable bonds is 4. The first-order chi connectivity index (χ1) is 6.11. The zero-order valence-corrected chi connectivity index (χ0v) is 8.55. The van der Waals surface area contributed by atoms with Gasteiger partial charge in [-0.15, -0.1) is 0 Å². The molecule has 3 heteroatoms. The Kier molecular flexibility index (Phi) is 3.72. The van der Waals surface area contributed by atoms with Gasteiger partial charge in [0.15, 0.2) is 0 Å². The maximum Gasteiger partial charge on any atom is 0.220 e. The SMILES string of the molecule is CC(C)CC(=O)NC1CC(CN)C1. The van der Waals surface area contributed by atoms with Gasteiger partial charge >= 0.3 is 0 Å². The summed E-state index contributed by atoms with van der Waals surface area (Å²) in [6.07, 6.45) is 2.78. The Hall–Kier alpha value is -0.570. The van der Waals surface area contributed by atoms with Gasteiger partial charge in [-0.2, -0.15) is 0 Å². The molecule has 0 aromatic carbocycles. The van der Waals surface area contributed by atoms with E-state index < -0.39 is 0 Å². The van der Waals surface area contributed by atoms with E-state index in [1.165, 1.54) is 0 Å². The van der Waals surface area contributed by atoms with Gasteiger partial charge in [-0.1, -0.05) is 13.8 Å². The van der Waals surface area contributed by atoms with Gasteiger partial charge in [-0.05, 0) is 31.2 Å². The molecule has 0 atom stereocenters. The summed E-state index contributed by atoms with van der Waals surface area (Å²) in [6.45, 7) is 4.88. The van der Waals surface area contributed by atoms with Crippen molar-refractivity contribution in [1.82, 2.24) is 5.32 Å². The average Bonchev–Trinajstić information content (AvgIpc) is 1.94. The minimum Gasteiger partial charge on any atom is -0.353 e. The quantitative estimate of drug-likeness (QED) is 0.681. The molecule has 0 spiro atoms. The van der Waals surface area contributed by atoms with Crippen molar-refractivity contribution < 1.29 is 4.79 Å². The third-order valence-corrected chi connectivity index (χ3v) is 2.53. The molecule has 3 nitrogen and oxygen atoms in total. The highest BCUT2D eigenvalue weighted by Crippen LogP contribution is 2.26. The van der Waals surface area contributed by atoms with Crippen LogP contribution in [0.25, 0.3) is 0 Å². The van der Waals surface area contributed by atoms with E-state index in [-0.39, 0.29) is 5.91 Å². The van der Waals surface area contributed by atoms with Gasteiger partial charge in [0.1, 0.15) is 0 Å². The molecule has 0 radical (unpaired) electrons. The lowest BCUT2D eigenvalue weighted by atomic mass is 9.80. The summed E-state index contributed by atoms with van der Waals surface area (Å²) in [5.41, 5.74) is 5.49. The topological polar surface area (TPSA) is 55.1 Å². The van der Waals surface area contributed by atoms with Gasteiger partial charge in [-0.3, -0.25) is 4.79 Å². The monoisotopic (exact) mass is 184 g/mol. The fourth-order valence-corrected chi connectivity index (χ4v) is 1.70. The molecule has 1 rings (SSSR count). The number of carbonyl (C=O) groups excluding carboxylic acids is 1. The molecule has 0 aromatic heterocycles. The van der Waals surface area contributed by atoms with Crippen LogP contribution in [0, 0.1) is 11.8 Å². The number of hydrogen-bond donors (Lipinski definition) is 2. The van der Waals surface area contributed by atoms with Crippen LogP contribution < -0.4 is 11.1 Å². The van der Waals surface area contributed by atoms with Crippen LogP contribution >= 0.6 is 0 Å². The second-order valence-corrected chi connectivity index (χ2v) is 4.44. The predicted molar refractivity (Wildman–Crippen MR) is 53.2 cm³/mol. The van der Waals surface area contributed by atoms with Crippen LogP contribution in [0.15, 0.2) is 0 Å². The van der Waals surface area contributed by atoms with Crippen molar-refractivity contribution in [2.75, 3.05) is 6.54 Å². The first-order valence-electron chi connectivity index (χ1n) is 5.11. The second-order valence-electron chi connectivity index (χ2n) is 4.44. The molecule has 1 amide bonds. The molecule has 0 unspecified atom stereocenters. The van der Waals surface area contributed by atoms with Crippen molar-refractivity contribution in [3.05, 3.63) is 0 Å². The fraction of sp³-hybridized carbons (Fsp3) is 0.900. The highest BCUT2D eigenvalue weighted by molar-refractivity contribution is 5.76. The number of carbonyl (C=O) groups is 1. The van der Waals surface area contributed by atoms with Gasteiger partial charge in [0.25, 0.3) is 0 Å². The molecule has 1 aliphatic rings. The highest BCUT2D eigenvalue weighted by Gasteiger charge is 2.28. The molecule has 0 aliphatic heterocycles. The van der Waals surface area contributed by atoms with Crippen molar-refractivity contribution >= 4 is 5.91 Å². The van der Waals surface area contributed by atoms with Gasteiger partial charge < -0.3 is 11.1 Å². The third kappa shape index (κ3) is 3.35. The molecule has 76 valence electrons. The van der Waals surface area contributed by atoms with Crippen molar-refractivity contribution in [3.8, 4) is 0 Å². The Bertz CT molecular complexity index is 174. The van der Waals surface area contributed by atoms with Crippen molar-refractivity contribution in [2.45, 2.75) is 39.2 Å². The first-order valence-corrected chi connectivity index (χ1v) is 5.11. The van der Waals surface area contributed by atoms with E-state index in [2.05, 4.69) is 19.2 Å². The summed E-state index contributed by atoms with van der Waals surface area (Å²) < 4.78 is 0. The van der Waals surface area contributed by atoms with Crippen LogP contribution in [0.5, 0.6) is 0 Å². The van der Waals surface area contributed by atoms with Crippen LogP contribution in [0.3, 0.4) is 0 Å². The number of nitrogens with one attached hydrogen (secondary N) is 1. The molecule has 0 heterocycles. The summed E-state index contributed by atoms with van der Waals surface area (Å²) in [4.78, 5) is 11.3. The zero-order chi connectivity index (χ0) is 9.84. The van der Waals surface area contributed by atoms with E-state index in [1.807, 2.05) is 0 Å². The Labute approximate surface area is 80.1 Å². The van der Waals surface area contributed by atoms with Crippen molar-refractivity contribution in [1.29, 1.82) is 0 Å². The molecular formula is C10H20N2O. The maximum atomic E-state index is 11.3. The molecule has 0 saturated heterocycles. The van der Waals surface area contributed by atoms with Gasteiger partial charge in [-0.25, -0.2) is 0 Å². The molecule has 0 aromatic rings. The Morgan fingerprint density at radius 2 is 2.15 bits per heavy atom. The van der Waals surface area contributed by atoms with Crippen molar-refractivity contribution in [2.24, 2.45) is 17.6 Å². The Balaban J connectivity index is 2.09. The van der Waals surface area contributed by atoms with E-state index in [1.54, 1.807) is 0 Å². The van der Waals surface area contributed by atoms with Gasteiger partial charge in [0.05, 0.1) is 0 Å². The van der Waals surface area contributed by atoms with E-state index in [9.17, 15) is 4.79 Å². The molecule has 1 fully saturated rings. The Morgan fingerprint density at radius 1 is 1.54 bits per heavy atom. The fourth-order valence-electron chi connectivity index (χ4n) is 1.70. The summed E-state index contributed by atoms with van der Waals surface area (Å²) in [5.74, 6) is 1.28. The minimum atomic E-state index is 0.190. The lowest BCUT2D eigenvalue weighted by Crippen LogP contribution is -2.46. The second kappa shape index (κ2) is 4.61. The largest absolute Gasteiger partial charge is 0.353 e. The van der Waals surface area contributed by atoms with Crippen LogP contribution in [0.4, 0.5) is 0 Å². The third-order valence-electron chi connectivity index (χ3n) is 2.53. The van der Waals surface area contributed by atoms with Gasteiger partial charge in [0.2, 0.25) is 5.91 Å². The zero-order valence-electron chi connectivity index (χ0n) is 8.55. The number of hydrogen-bond acceptors (Lipinski definition) is 2. The van der Waals surface area contributed by atoms with E-state index in [0.29, 0.717) is 24.3 Å². The van der Waals surface area contributed by atoms with Crippen LogP contribution in [0.2, 0.25) is 0 Å². The van der Waals surface area contributed by atoms with E-state index in [4.69, 9.17) is 5.73 Å². The average molecular weight is 184 g/mol. The van der Waals surface area contributed by atoms with Crippen LogP contribution in [-0.4, -0.2) is 18.5 Å². The summed E-state index contributed by atoms with van der Waals surface area (Å²) in [6, 6.07) is 0.403. The molecule has 3 N–H and O–H groups in total. The lowest BCUT2D eigenvalue weighted by molar-refractivity contribution is -0.123. The molecule has 0 bridgehead atoms. The van der Waals surface area contributed by atoms with Crippen molar-refractivity contribution in [3.63, 3.8) is 0 Å². The first kappa shape index (κ1) is 10.5. The smallest absolute Gasteiger partial charge is 0.220 e. The molecule has 13 heavy (non-hydrogen) atoms. The van der Waals surface area contributed by atoms with Gasteiger partial charge in [0, 0.05) is 12.5 Å². The normalized spacial score (nSPS) is 27.1. The minimum absolute atomic E-state index is 0.190. The predicted octanol–water partition coefficient (Wildman–Crippen LogP) is 0.886. The summed E-state index contributed by atoms with van der Waals surface area (Å²) in [7, 11) is 0. The van der Waals surface area contributed by atoms with Crippen LogP contribution in [-0.2, 0) is 4.79 Å². The molecule has 1 saturated carbocycles. The Morgan fingerprint density at radius 3 is 2.62 bits per heavy atom. The number of amides is 1. The van der Waals surface area contributed by atoms with Crippen LogP contribution in [0.1, 0.15) is 33.1 Å². The lowest BCUT2D eigenvalue weighted by Gasteiger charge is -2.35. The van der Waals surface area contributed by atoms with E-state index in [0.717, 1.165) is 19.4 Å². The summed E-state index contributed by atoms with van der Waals surface area (Å²) >= 11 is 0. The molecule has 1 aliphatic carbocycles. The van der Waals surface area contributed by atoms with E-state index >= 15 is 0 Å². The number of nitrogens with two attached hydrogens (primary N) is 1. The standard InChI is InChI=1S/C10H20N2O/c1-7(2)3-10(13)12-9-4-8(5-9)6-11/h7-9H,3-6,11H2,1-2H3,(H,12,13).